The van der Waals surface area contributed by atoms with Crippen LogP contribution in [-0.4, -0.2) is 76.6 Å². The summed E-state index contributed by atoms with van der Waals surface area (Å²) in [4.78, 5) is 52.1. The van der Waals surface area contributed by atoms with Gasteiger partial charge in [0.25, 0.3) is 5.91 Å². The molecule has 4 rings (SSSR count). The molecule has 11 heteroatoms. The first kappa shape index (κ1) is 24.0. The normalized spacial score (nSPS) is 15.7. The highest BCUT2D eigenvalue weighted by molar-refractivity contribution is 5.97. The quantitative estimate of drug-likeness (QED) is 0.365. The van der Waals surface area contributed by atoms with Gasteiger partial charge in [0.15, 0.2) is 0 Å². The Morgan fingerprint density at radius 1 is 1.23 bits per heavy atom. The summed E-state index contributed by atoms with van der Waals surface area (Å²) in [7, 11) is 0. The van der Waals surface area contributed by atoms with Crippen LogP contribution in [0.15, 0.2) is 36.8 Å². The van der Waals surface area contributed by atoms with E-state index >= 15 is 0 Å². The predicted octanol–water partition coefficient (Wildman–Crippen LogP) is 2.30. The van der Waals surface area contributed by atoms with E-state index in [9.17, 15) is 14.4 Å². The minimum Gasteiger partial charge on any atom is -0.464 e. The predicted molar refractivity (Wildman–Crippen MR) is 131 cm³/mol. The van der Waals surface area contributed by atoms with Crippen molar-refractivity contribution < 1.29 is 19.1 Å². The van der Waals surface area contributed by atoms with Crippen LogP contribution in [0.5, 0.6) is 0 Å². The van der Waals surface area contributed by atoms with Crippen LogP contribution in [-0.2, 0) is 9.53 Å². The smallest absolute Gasteiger partial charge is 0.322 e. The van der Waals surface area contributed by atoms with E-state index in [1.165, 1.54) is 6.92 Å². The molecule has 3 N–H and O–H groups in total. The van der Waals surface area contributed by atoms with Gasteiger partial charge in [0, 0.05) is 50.0 Å². The number of hydrogen-bond donors (Lipinski definition) is 3. The van der Waals surface area contributed by atoms with Gasteiger partial charge in [0.1, 0.15) is 24.4 Å². The minimum absolute atomic E-state index is 0.0548. The van der Waals surface area contributed by atoms with Gasteiger partial charge in [-0.15, -0.1) is 0 Å². The summed E-state index contributed by atoms with van der Waals surface area (Å²) in [6.45, 7) is 7.44. The molecule has 35 heavy (non-hydrogen) atoms. The number of urea groups is 1. The van der Waals surface area contributed by atoms with E-state index in [1.54, 1.807) is 35.5 Å². The average molecular weight is 480 g/mol. The number of anilines is 2. The second kappa shape index (κ2) is 10.4. The Morgan fingerprint density at radius 2 is 2.06 bits per heavy atom. The van der Waals surface area contributed by atoms with Gasteiger partial charge in [-0.05, 0) is 37.6 Å². The molecule has 3 aromatic rings. The number of aromatic nitrogens is 3. The molecule has 3 heterocycles. The highest BCUT2D eigenvalue weighted by Crippen LogP contribution is 2.27. The van der Waals surface area contributed by atoms with E-state index < -0.39 is 5.97 Å². The van der Waals surface area contributed by atoms with Crippen LogP contribution in [0.1, 0.15) is 29.8 Å². The largest absolute Gasteiger partial charge is 0.464 e. The van der Waals surface area contributed by atoms with Crippen LogP contribution >= 0.6 is 0 Å². The van der Waals surface area contributed by atoms with Crippen molar-refractivity contribution in [2.24, 2.45) is 0 Å². The van der Waals surface area contributed by atoms with Crippen molar-refractivity contribution in [1.29, 1.82) is 0 Å². The summed E-state index contributed by atoms with van der Waals surface area (Å²) in [5.74, 6) is 0.156. The monoisotopic (exact) mass is 479 g/mol. The first-order valence-electron chi connectivity index (χ1n) is 11.5. The minimum atomic E-state index is -0.399. The molecule has 184 valence electrons. The lowest BCUT2D eigenvalue weighted by molar-refractivity contribution is -0.140. The third-order valence-corrected chi connectivity index (χ3v) is 5.90. The zero-order chi connectivity index (χ0) is 24.9. The van der Waals surface area contributed by atoms with Crippen molar-refractivity contribution in [2.45, 2.75) is 26.8 Å². The molecule has 11 nitrogen and oxygen atoms in total. The standard InChI is InChI=1S/C24H29N7O4/c1-15-12-26-21-20(15)22(28-14-27-21)30-8-9-31(16(2)13-30)24(34)29-19-6-4-5-18(11-19)23(33)25-7-10-35-17(3)32/h4-6,11-12,14,16H,7-10,13H2,1-3H3,(H,25,33)(H,29,34)(H,26,27,28)/t16-/m0/s1. The Labute approximate surface area is 202 Å². The Bertz CT molecular complexity index is 1240. The molecule has 1 atom stereocenters. The Balaban J connectivity index is 1.36. The summed E-state index contributed by atoms with van der Waals surface area (Å²) < 4.78 is 4.81. The van der Waals surface area contributed by atoms with E-state index in [1.807, 2.05) is 20.0 Å². The van der Waals surface area contributed by atoms with Crippen molar-refractivity contribution in [3.05, 3.63) is 47.9 Å². The molecule has 0 saturated carbocycles. The van der Waals surface area contributed by atoms with Gasteiger partial charge in [0.05, 0.1) is 11.9 Å². The summed E-state index contributed by atoms with van der Waals surface area (Å²) >= 11 is 0. The lowest BCUT2D eigenvalue weighted by Gasteiger charge is -2.40. The molecule has 3 amide bonds. The molecular formula is C24H29N7O4. The summed E-state index contributed by atoms with van der Waals surface area (Å²) in [6.07, 6.45) is 3.47. The number of aryl methyl sites for hydroxylation is 1. The van der Waals surface area contributed by atoms with Crippen LogP contribution < -0.4 is 15.5 Å². The topological polar surface area (TPSA) is 133 Å². The fourth-order valence-electron chi connectivity index (χ4n) is 4.18. The highest BCUT2D eigenvalue weighted by Gasteiger charge is 2.29. The van der Waals surface area contributed by atoms with Gasteiger partial charge in [-0.1, -0.05) is 6.07 Å². The van der Waals surface area contributed by atoms with Crippen LogP contribution in [0.2, 0.25) is 0 Å². The second-order valence-corrected chi connectivity index (χ2v) is 8.49. The van der Waals surface area contributed by atoms with E-state index in [2.05, 4.69) is 30.5 Å². The SMILES string of the molecule is CC(=O)OCCNC(=O)c1cccc(NC(=O)N2CCN(c3ncnc4[nH]cc(C)c34)C[C@@H]2C)c1. The first-order chi connectivity index (χ1) is 16.8. The number of aromatic amines is 1. The van der Waals surface area contributed by atoms with Crippen molar-refractivity contribution in [2.75, 3.05) is 43.0 Å². The third-order valence-electron chi connectivity index (χ3n) is 5.90. The average Bonchev–Trinajstić information content (AvgIpc) is 3.22. The van der Waals surface area contributed by atoms with Crippen LogP contribution in [0.3, 0.4) is 0 Å². The molecule has 0 unspecified atom stereocenters. The van der Waals surface area contributed by atoms with Gasteiger partial charge < -0.3 is 30.2 Å². The van der Waals surface area contributed by atoms with Gasteiger partial charge >= 0.3 is 12.0 Å². The Kier molecular flexibility index (Phi) is 7.14. The van der Waals surface area contributed by atoms with Gasteiger partial charge in [0.2, 0.25) is 0 Å². The molecule has 1 saturated heterocycles. The van der Waals surface area contributed by atoms with E-state index in [4.69, 9.17) is 4.74 Å². The number of nitrogens with zero attached hydrogens (tertiary/aromatic N) is 4. The number of fused-ring (bicyclic) bond motifs is 1. The molecule has 1 aliphatic heterocycles. The number of ether oxygens (including phenoxy) is 1. The molecule has 0 radical (unpaired) electrons. The van der Waals surface area contributed by atoms with E-state index in [0.717, 1.165) is 22.4 Å². The van der Waals surface area contributed by atoms with Crippen molar-refractivity contribution in [1.82, 2.24) is 25.2 Å². The number of amides is 3. The number of benzene rings is 1. The number of hydrogen-bond acceptors (Lipinski definition) is 7. The molecular weight excluding hydrogens is 450 g/mol. The number of piperazine rings is 1. The lowest BCUT2D eigenvalue weighted by Crippen LogP contribution is -2.55. The Morgan fingerprint density at radius 3 is 2.83 bits per heavy atom. The number of carbonyl (C=O) groups is 3. The fourth-order valence-corrected chi connectivity index (χ4v) is 4.18. The summed E-state index contributed by atoms with van der Waals surface area (Å²) in [6, 6.07) is 6.44. The molecule has 1 aromatic carbocycles. The van der Waals surface area contributed by atoms with Crippen LogP contribution in [0.25, 0.3) is 11.0 Å². The number of H-pyrrole nitrogens is 1. The Hall–Kier alpha value is -4.15. The van der Waals surface area contributed by atoms with Crippen LogP contribution in [0, 0.1) is 6.92 Å². The van der Waals surface area contributed by atoms with E-state index in [0.29, 0.717) is 30.9 Å². The van der Waals surface area contributed by atoms with E-state index in [-0.39, 0.29) is 31.1 Å². The maximum atomic E-state index is 13.0. The van der Waals surface area contributed by atoms with Crippen LogP contribution in [0.4, 0.5) is 16.3 Å². The molecule has 0 aliphatic carbocycles. The number of nitrogens with one attached hydrogen (secondary N) is 3. The second-order valence-electron chi connectivity index (χ2n) is 8.49. The maximum Gasteiger partial charge on any atom is 0.322 e. The summed E-state index contributed by atoms with van der Waals surface area (Å²) in [5.41, 5.74) is 2.81. The van der Waals surface area contributed by atoms with Gasteiger partial charge in [-0.3, -0.25) is 9.59 Å². The lowest BCUT2D eigenvalue weighted by atomic mass is 10.1. The number of rotatable bonds is 6. The highest BCUT2D eigenvalue weighted by atomic mass is 16.5. The number of carbonyl (C=O) groups excluding carboxylic acids is 3. The third kappa shape index (κ3) is 5.51. The van der Waals surface area contributed by atoms with Crippen molar-refractivity contribution in [3.63, 3.8) is 0 Å². The molecule has 0 spiro atoms. The zero-order valence-electron chi connectivity index (χ0n) is 20.0. The molecule has 1 aliphatic rings. The molecule has 0 bridgehead atoms. The van der Waals surface area contributed by atoms with Crippen molar-refractivity contribution >= 4 is 40.4 Å². The number of esters is 1. The van der Waals surface area contributed by atoms with Gasteiger partial charge in [-0.2, -0.15) is 0 Å². The van der Waals surface area contributed by atoms with Crippen molar-refractivity contribution in [3.8, 4) is 0 Å². The van der Waals surface area contributed by atoms with Gasteiger partial charge in [-0.25, -0.2) is 14.8 Å². The molecule has 1 fully saturated rings. The maximum absolute atomic E-state index is 13.0. The fraction of sp³-hybridized carbons (Fsp3) is 0.375. The zero-order valence-corrected chi connectivity index (χ0v) is 20.0. The summed E-state index contributed by atoms with van der Waals surface area (Å²) in [5, 5.41) is 6.58. The molecule has 2 aromatic heterocycles. The first-order valence-corrected chi connectivity index (χ1v) is 11.5.